The summed E-state index contributed by atoms with van der Waals surface area (Å²) in [6.45, 7) is 0. The van der Waals surface area contributed by atoms with E-state index >= 15 is 0 Å². The molecular formula is C7H14N4O2. The Morgan fingerprint density at radius 1 is 1.62 bits per heavy atom. The average molecular weight is 186 g/mol. The summed E-state index contributed by atoms with van der Waals surface area (Å²) in [5.74, 6) is -1.14. The maximum absolute atomic E-state index is 9.65. The van der Waals surface area contributed by atoms with E-state index in [1.54, 1.807) is 7.05 Å². The third-order valence-corrected chi connectivity index (χ3v) is 1.97. The van der Waals surface area contributed by atoms with E-state index in [9.17, 15) is 5.11 Å². The third kappa shape index (κ3) is 1.56. The second-order valence-corrected chi connectivity index (χ2v) is 2.83. The molecule has 1 aliphatic heterocycles. The van der Waals surface area contributed by atoms with Crippen molar-refractivity contribution in [2.75, 3.05) is 14.2 Å². The largest absolute Gasteiger partial charge is 0.481 e. The Morgan fingerprint density at radius 2 is 2.23 bits per heavy atom. The topological polar surface area (TPSA) is 106 Å². The molecule has 0 fully saturated rings. The van der Waals surface area contributed by atoms with Crippen molar-refractivity contribution in [1.82, 2.24) is 5.32 Å². The monoisotopic (exact) mass is 186 g/mol. The van der Waals surface area contributed by atoms with Gasteiger partial charge >= 0.3 is 0 Å². The lowest BCUT2D eigenvalue weighted by atomic mass is 10.0. The van der Waals surface area contributed by atoms with Crippen LogP contribution >= 0.6 is 0 Å². The third-order valence-electron chi connectivity index (χ3n) is 1.97. The SMILES string of the molecule is CNC1(N)N=C(OC)C=CC1(N)O. The summed E-state index contributed by atoms with van der Waals surface area (Å²) in [6, 6.07) is 0. The summed E-state index contributed by atoms with van der Waals surface area (Å²) in [5.41, 5.74) is 9.48. The molecule has 6 nitrogen and oxygen atoms in total. The number of hydrogen-bond donors (Lipinski definition) is 4. The van der Waals surface area contributed by atoms with Crippen molar-refractivity contribution in [2.24, 2.45) is 16.5 Å². The minimum atomic E-state index is -1.72. The second kappa shape index (κ2) is 3.08. The Balaban J connectivity index is 3.04. The Hall–Kier alpha value is -0.950. The highest BCUT2D eigenvalue weighted by molar-refractivity contribution is 5.89. The molecule has 0 aromatic heterocycles. The molecule has 0 saturated heterocycles. The van der Waals surface area contributed by atoms with E-state index < -0.39 is 11.5 Å². The van der Waals surface area contributed by atoms with Crippen LogP contribution in [0.15, 0.2) is 17.1 Å². The quantitative estimate of drug-likeness (QED) is 0.357. The number of rotatable bonds is 1. The first-order valence-corrected chi connectivity index (χ1v) is 3.77. The first-order chi connectivity index (χ1) is 5.95. The molecule has 2 atom stereocenters. The van der Waals surface area contributed by atoms with Crippen LogP contribution in [-0.4, -0.2) is 36.7 Å². The first-order valence-electron chi connectivity index (χ1n) is 3.77. The van der Waals surface area contributed by atoms with Crippen molar-refractivity contribution >= 4 is 5.90 Å². The fourth-order valence-corrected chi connectivity index (χ4v) is 0.996. The Bertz CT molecular complexity index is 261. The van der Waals surface area contributed by atoms with Crippen LogP contribution in [0.3, 0.4) is 0 Å². The van der Waals surface area contributed by atoms with Crippen LogP contribution in [0.25, 0.3) is 0 Å². The fourth-order valence-electron chi connectivity index (χ4n) is 0.996. The Morgan fingerprint density at radius 3 is 2.69 bits per heavy atom. The molecule has 2 unspecified atom stereocenters. The molecule has 74 valence electrons. The number of likely N-dealkylation sites (N-methyl/N-ethyl adjacent to an activating group) is 1. The number of nitrogens with two attached hydrogens (primary N) is 2. The Kier molecular flexibility index (Phi) is 2.40. The maximum Gasteiger partial charge on any atom is 0.212 e. The lowest BCUT2D eigenvalue weighted by Crippen LogP contribution is -2.71. The van der Waals surface area contributed by atoms with Gasteiger partial charge in [-0.15, -0.1) is 0 Å². The van der Waals surface area contributed by atoms with Crippen molar-refractivity contribution in [1.29, 1.82) is 0 Å². The lowest BCUT2D eigenvalue weighted by Gasteiger charge is -2.38. The van der Waals surface area contributed by atoms with Crippen LogP contribution in [0.5, 0.6) is 0 Å². The van der Waals surface area contributed by atoms with E-state index in [2.05, 4.69) is 10.3 Å². The number of methoxy groups -OCH3 is 1. The normalized spacial score (nSPS) is 38.7. The summed E-state index contributed by atoms with van der Waals surface area (Å²) in [5, 5.41) is 12.3. The molecule has 1 rings (SSSR count). The van der Waals surface area contributed by atoms with E-state index in [0.717, 1.165) is 0 Å². The van der Waals surface area contributed by atoms with E-state index in [0.29, 0.717) is 5.90 Å². The molecule has 13 heavy (non-hydrogen) atoms. The Labute approximate surface area is 76.3 Å². The van der Waals surface area contributed by atoms with Gasteiger partial charge in [-0.3, -0.25) is 16.8 Å². The number of aliphatic imine (C=N–C) groups is 1. The molecule has 6 N–H and O–H groups in total. The second-order valence-electron chi connectivity index (χ2n) is 2.83. The van der Waals surface area contributed by atoms with Crippen molar-refractivity contribution < 1.29 is 9.84 Å². The van der Waals surface area contributed by atoms with Crippen molar-refractivity contribution in [3.05, 3.63) is 12.2 Å². The molecule has 0 aromatic rings. The van der Waals surface area contributed by atoms with Gasteiger partial charge < -0.3 is 9.84 Å². The van der Waals surface area contributed by atoms with Gasteiger partial charge in [0.05, 0.1) is 7.11 Å². The van der Waals surface area contributed by atoms with Gasteiger partial charge in [-0.1, -0.05) is 0 Å². The van der Waals surface area contributed by atoms with E-state index in [1.165, 1.54) is 19.3 Å². The minimum absolute atomic E-state index is 0.312. The van der Waals surface area contributed by atoms with Gasteiger partial charge in [-0.25, -0.2) is 4.99 Å². The van der Waals surface area contributed by atoms with E-state index in [-0.39, 0.29) is 0 Å². The number of ether oxygens (including phenoxy) is 1. The van der Waals surface area contributed by atoms with Crippen LogP contribution in [0.1, 0.15) is 0 Å². The van der Waals surface area contributed by atoms with Crippen molar-refractivity contribution in [3.63, 3.8) is 0 Å². The maximum atomic E-state index is 9.65. The van der Waals surface area contributed by atoms with Gasteiger partial charge in [-0.05, 0) is 13.1 Å². The molecule has 0 aromatic carbocycles. The lowest BCUT2D eigenvalue weighted by molar-refractivity contribution is 0.000493. The molecule has 1 heterocycles. The van der Waals surface area contributed by atoms with Gasteiger partial charge in [0.2, 0.25) is 11.7 Å². The molecule has 0 aliphatic carbocycles. The zero-order valence-electron chi connectivity index (χ0n) is 7.61. The van der Waals surface area contributed by atoms with Crippen LogP contribution in [0.2, 0.25) is 0 Å². The fraction of sp³-hybridized carbons (Fsp3) is 0.571. The molecule has 0 radical (unpaired) electrons. The van der Waals surface area contributed by atoms with E-state index in [1.807, 2.05) is 0 Å². The van der Waals surface area contributed by atoms with Crippen molar-refractivity contribution in [3.8, 4) is 0 Å². The van der Waals surface area contributed by atoms with Gasteiger partial charge in [-0.2, -0.15) is 0 Å². The first kappa shape index (κ1) is 10.1. The van der Waals surface area contributed by atoms with Gasteiger partial charge in [0, 0.05) is 6.08 Å². The number of dihydropyridines is 1. The highest BCUT2D eigenvalue weighted by Crippen LogP contribution is 2.19. The molecule has 0 amide bonds. The predicted molar refractivity (Wildman–Crippen MR) is 48.7 cm³/mol. The molecule has 0 spiro atoms. The molecule has 1 aliphatic rings. The van der Waals surface area contributed by atoms with Gasteiger partial charge in [0.15, 0.2) is 5.72 Å². The van der Waals surface area contributed by atoms with E-state index in [4.69, 9.17) is 16.2 Å². The number of hydrogen-bond acceptors (Lipinski definition) is 6. The number of nitrogens with zero attached hydrogens (tertiary/aromatic N) is 1. The number of aliphatic hydroxyl groups is 1. The molecule has 0 saturated carbocycles. The van der Waals surface area contributed by atoms with Crippen LogP contribution in [0.4, 0.5) is 0 Å². The van der Waals surface area contributed by atoms with Crippen LogP contribution in [0, 0.1) is 0 Å². The standard InChI is InChI=1S/C7H14N4O2/c1-10-7(9)6(8,12)4-3-5(11-7)13-2/h3-4,10,12H,8-9H2,1-2H3. The summed E-state index contributed by atoms with van der Waals surface area (Å²) in [4.78, 5) is 3.90. The highest BCUT2D eigenvalue weighted by atomic mass is 16.5. The summed E-state index contributed by atoms with van der Waals surface area (Å²) in [7, 11) is 3.01. The van der Waals surface area contributed by atoms with Crippen molar-refractivity contribution in [2.45, 2.75) is 11.5 Å². The molecule has 0 bridgehead atoms. The number of nitrogens with one attached hydrogen (secondary N) is 1. The van der Waals surface area contributed by atoms with Gasteiger partial charge in [0.25, 0.3) is 0 Å². The molecular weight excluding hydrogens is 172 g/mol. The van der Waals surface area contributed by atoms with Gasteiger partial charge in [0.1, 0.15) is 0 Å². The minimum Gasteiger partial charge on any atom is -0.481 e. The zero-order chi connectivity index (χ0) is 10.1. The highest BCUT2D eigenvalue weighted by Gasteiger charge is 2.44. The zero-order valence-corrected chi connectivity index (χ0v) is 7.61. The summed E-state index contributed by atoms with van der Waals surface area (Å²) in [6.07, 6.45) is 2.79. The average Bonchev–Trinajstić information content (AvgIpc) is 2.10. The summed E-state index contributed by atoms with van der Waals surface area (Å²) < 4.78 is 4.86. The predicted octanol–water partition coefficient (Wildman–Crippen LogP) is -1.92. The smallest absolute Gasteiger partial charge is 0.212 e. The van der Waals surface area contributed by atoms with Crippen LogP contribution in [-0.2, 0) is 4.74 Å². The summed E-state index contributed by atoms with van der Waals surface area (Å²) >= 11 is 0. The van der Waals surface area contributed by atoms with Crippen LogP contribution < -0.4 is 16.8 Å². The molecule has 6 heteroatoms.